The van der Waals surface area contributed by atoms with Crippen molar-refractivity contribution < 1.29 is 4.42 Å². The molecule has 1 aromatic heterocycles. The van der Waals surface area contributed by atoms with Gasteiger partial charge in [0.1, 0.15) is 5.52 Å². The largest absolute Gasteiger partial charge is 0.435 e. The van der Waals surface area contributed by atoms with Gasteiger partial charge >= 0.3 is 0 Å². The van der Waals surface area contributed by atoms with E-state index in [1.165, 1.54) is 32.5 Å². The SMILES string of the molecule is C=c1cccc/c1=C(/CC)c1cc2ccccc2c2c1ccc1nc(-c3ccccc3)oc12. The van der Waals surface area contributed by atoms with Gasteiger partial charge in [0.25, 0.3) is 0 Å². The summed E-state index contributed by atoms with van der Waals surface area (Å²) >= 11 is 0. The highest BCUT2D eigenvalue weighted by molar-refractivity contribution is 6.20. The number of aromatic nitrogens is 1. The first kappa shape index (κ1) is 19.5. The van der Waals surface area contributed by atoms with Gasteiger partial charge in [-0.1, -0.05) is 86.3 Å². The van der Waals surface area contributed by atoms with Crippen molar-refractivity contribution in [1.82, 2.24) is 4.98 Å². The lowest BCUT2D eigenvalue weighted by molar-refractivity contribution is 0.623. The third kappa shape index (κ3) is 3.15. The highest BCUT2D eigenvalue weighted by Crippen LogP contribution is 2.38. The fraction of sp³-hybridized carbons (Fsp3) is 0.0645. The molecule has 0 aliphatic carbocycles. The zero-order valence-corrected chi connectivity index (χ0v) is 18.5. The van der Waals surface area contributed by atoms with Crippen LogP contribution >= 0.6 is 0 Å². The van der Waals surface area contributed by atoms with Crippen molar-refractivity contribution in [2.24, 2.45) is 0 Å². The molecule has 0 fully saturated rings. The molecule has 0 unspecified atom stereocenters. The molecule has 158 valence electrons. The van der Waals surface area contributed by atoms with Gasteiger partial charge in [-0.05, 0) is 68.4 Å². The zero-order valence-electron chi connectivity index (χ0n) is 18.5. The maximum absolute atomic E-state index is 6.44. The Kier molecular flexibility index (Phi) is 4.58. The Morgan fingerprint density at radius 2 is 1.58 bits per heavy atom. The summed E-state index contributed by atoms with van der Waals surface area (Å²) in [5.74, 6) is 0.649. The summed E-state index contributed by atoms with van der Waals surface area (Å²) < 4.78 is 6.44. The Morgan fingerprint density at radius 3 is 2.39 bits per heavy atom. The van der Waals surface area contributed by atoms with Gasteiger partial charge < -0.3 is 4.42 Å². The molecule has 1 heterocycles. The summed E-state index contributed by atoms with van der Waals surface area (Å²) in [4.78, 5) is 4.82. The van der Waals surface area contributed by atoms with Gasteiger partial charge in [-0.3, -0.25) is 0 Å². The fourth-order valence-corrected chi connectivity index (χ4v) is 4.86. The first-order valence-corrected chi connectivity index (χ1v) is 11.3. The number of fused-ring (bicyclic) bond motifs is 5. The van der Waals surface area contributed by atoms with Gasteiger partial charge in [-0.15, -0.1) is 0 Å². The van der Waals surface area contributed by atoms with Crippen molar-refractivity contribution in [1.29, 1.82) is 0 Å². The number of nitrogens with zero attached hydrogens (tertiary/aromatic N) is 1. The van der Waals surface area contributed by atoms with Crippen LogP contribution in [-0.4, -0.2) is 4.98 Å². The summed E-state index contributed by atoms with van der Waals surface area (Å²) in [5, 5.41) is 6.90. The van der Waals surface area contributed by atoms with Gasteiger partial charge in [0.05, 0.1) is 0 Å². The number of benzene rings is 5. The first-order valence-electron chi connectivity index (χ1n) is 11.3. The average Bonchev–Trinajstić information content (AvgIpc) is 3.31. The molecule has 0 aliphatic heterocycles. The summed E-state index contributed by atoms with van der Waals surface area (Å²) in [5.41, 5.74) is 5.21. The van der Waals surface area contributed by atoms with Crippen LogP contribution in [0, 0.1) is 0 Å². The quantitative estimate of drug-likeness (QED) is 0.291. The third-order valence-electron chi connectivity index (χ3n) is 6.42. The summed E-state index contributed by atoms with van der Waals surface area (Å²) in [6.07, 6.45) is 0.906. The van der Waals surface area contributed by atoms with E-state index >= 15 is 0 Å². The van der Waals surface area contributed by atoms with E-state index in [0.717, 1.165) is 33.7 Å². The van der Waals surface area contributed by atoms with Crippen LogP contribution in [0.1, 0.15) is 18.9 Å². The van der Waals surface area contributed by atoms with E-state index in [2.05, 4.69) is 74.2 Å². The second-order valence-electron chi connectivity index (χ2n) is 8.36. The average molecular weight is 426 g/mol. The minimum atomic E-state index is 0.649. The van der Waals surface area contributed by atoms with Crippen LogP contribution in [0.2, 0.25) is 0 Å². The standard InChI is InChI=1S/C31H23NO/c1-3-23(24-15-9-7-11-20(24)2)27-19-22-14-8-10-16-25(22)29-26(27)17-18-28-30(29)33-31(32-28)21-12-5-4-6-13-21/h4-19H,2-3H2,1H3/b24-23+. The molecule has 0 N–H and O–H groups in total. The molecule has 0 saturated heterocycles. The second kappa shape index (κ2) is 7.75. The second-order valence-corrected chi connectivity index (χ2v) is 8.36. The minimum Gasteiger partial charge on any atom is -0.435 e. The Bertz CT molecular complexity index is 1760. The van der Waals surface area contributed by atoms with E-state index in [9.17, 15) is 0 Å². The molecule has 5 aromatic carbocycles. The molecule has 0 spiro atoms. The molecule has 6 aromatic rings. The molecule has 33 heavy (non-hydrogen) atoms. The van der Waals surface area contributed by atoms with Crippen molar-refractivity contribution in [3.05, 3.63) is 113 Å². The Balaban J connectivity index is 1.78. The molecule has 0 radical (unpaired) electrons. The van der Waals surface area contributed by atoms with E-state index in [1.807, 2.05) is 36.4 Å². The van der Waals surface area contributed by atoms with Crippen molar-refractivity contribution in [3.8, 4) is 11.5 Å². The molecular formula is C31H23NO. The summed E-state index contributed by atoms with van der Waals surface area (Å²) in [6.45, 7) is 6.51. The van der Waals surface area contributed by atoms with Gasteiger partial charge in [0.2, 0.25) is 5.89 Å². The van der Waals surface area contributed by atoms with Gasteiger partial charge in [0.15, 0.2) is 5.58 Å². The smallest absolute Gasteiger partial charge is 0.227 e. The van der Waals surface area contributed by atoms with Crippen molar-refractivity contribution in [3.63, 3.8) is 0 Å². The third-order valence-corrected chi connectivity index (χ3v) is 6.42. The van der Waals surface area contributed by atoms with E-state index in [4.69, 9.17) is 9.40 Å². The normalized spacial score (nSPS) is 12.5. The number of hydrogen-bond donors (Lipinski definition) is 0. The summed E-state index contributed by atoms with van der Waals surface area (Å²) in [6, 6.07) is 33.6. The van der Waals surface area contributed by atoms with Crippen LogP contribution in [0.25, 0.3) is 56.3 Å². The summed E-state index contributed by atoms with van der Waals surface area (Å²) in [7, 11) is 0. The van der Waals surface area contributed by atoms with Crippen LogP contribution in [-0.2, 0) is 0 Å². The van der Waals surface area contributed by atoms with E-state index in [-0.39, 0.29) is 0 Å². The minimum absolute atomic E-state index is 0.649. The molecule has 2 nitrogen and oxygen atoms in total. The van der Waals surface area contributed by atoms with Crippen molar-refractivity contribution >= 4 is 44.8 Å². The molecular weight excluding hydrogens is 402 g/mol. The van der Waals surface area contributed by atoms with E-state index in [1.54, 1.807) is 0 Å². The lowest BCUT2D eigenvalue weighted by atomic mass is 9.90. The molecule has 0 bridgehead atoms. The molecule has 0 amide bonds. The van der Waals surface area contributed by atoms with Gasteiger partial charge in [0, 0.05) is 10.9 Å². The highest BCUT2D eigenvalue weighted by atomic mass is 16.3. The predicted octanol–water partition coefficient (Wildman–Crippen LogP) is 6.82. The fourth-order valence-electron chi connectivity index (χ4n) is 4.86. The number of rotatable bonds is 3. The van der Waals surface area contributed by atoms with Crippen LogP contribution in [0.4, 0.5) is 0 Å². The molecule has 2 heteroatoms. The number of oxazole rings is 1. The molecule has 0 saturated carbocycles. The lowest BCUT2D eigenvalue weighted by Gasteiger charge is -2.13. The number of hydrogen-bond acceptors (Lipinski definition) is 2. The van der Waals surface area contributed by atoms with Crippen molar-refractivity contribution in [2.45, 2.75) is 13.3 Å². The maximum atomic E-state index is 6.44. The predicted molar refractivity (Wildman–Crippen MR) is 138 cm³/mol. The van der Waals surface area contributed by atoms with Gasteiger partial charge in [-0.25, -0.2) is 4.98 Å². The van der Waals surface area contributed by atoms with E-state index in [0.29, 0.717) is 5.89 Å². The Hall–Kier alpha value is -4.17. The highest BCUT2D eigenvalue weighted by Gasteiger charge is 2.17. The Labute approximate surface area is 192 Å². The monoisotopic (exact) mass is 425 g/mol. The van der Waals surface area contributed by atoms with Crippen LogP contribution in [0.3, 0.4) is 0 Å². The zero-order chi connectivity index (χ0) is 22.4. The van der Waals surface area contributed by atoms with Crippen molar-refractivity contribution in [2.75, 3.05) is 0 Å². The molecule has 0 aliphatic rings. The Morgan fingerprint density at radius 1 is 0.818 bits per heavy atom. The first-order chi connectivity index (χ1) is 16.2. The van der Waals surface area contributed by atoms with Gasteiger partial charge in [-0.2, -0.15) is 0 Å². The lowest BCUT2D eigenvalue weighted by Crippen LogP contribution is -2.25. The molecule has 6 rings (SSSR count). The van der Waals surface area contributed by atoms with Crippen LogP contribution in [0.5, 0.6) is 0 Å². The van der Waals surface area contributed by atoms with Crippen LogP contribution < -0.4 is 10.4 Å². The van der Waals surface area contributed by atoms with Crippen LogP contribution in [0.15, 0.2) is 101 Å². The molecule has 0 atom stereocenters. The van der Waals surface area contributed by atoms with E-state index < -0.39 is 0 Å². The topological polar surface area (TPSA) is 26.0 Å². The maximum Gasteiger partial charge on any atom is 0.227 e.